The maximum Gasteiger partial charge on any atom is 0.306 e. The Balaban J connectivity index is 2.56. The van der Waals surface area contributed by atoms with Gasteiger partial charge in [0.2, 0.25) is 0 Å². The predicted molar refractivity (Wildman–Crippen MR) is 73.0 cm³/mol. The van der Waals surface area contributed by atoms with Crippen LogP contribution in [0.2, 0.25) is 0 Å². The van der Waals surface area contributed by atoms with Gasteiger partial charge in [-0.1, -0.05) is 19.3 Å². The standard InChI is InChI=1S/C14H27NO4/c1-18-11-10-15(9-8-14(17)19-2)12-6-4-3-5-7-13(12)16/h12-13,16H,3-11H2,1-2H3. The average Bonchev–Trinajstić information content (AvgIpc) is 2.63. The van der Waals surface area contributed by atoms with Gasteiger partial charge in [-0.25, -0.2) is 0 Å². The molecule has 5 nitrogen and oxygen atoms in total. The number of carbonyl (C=O) groups is 1. The van der Waals surface area contributed by atoms with E-state index in [0.29, 0.717) is 19.6 Å². The van der Waals surface area contributed by atoms with E-state index in [1.54, 1.807) is 7.11 Å². The van der Waals surface area contributed by atoms with Gasteiger partial charge in [0.05, 0.1) is 26.2 Å². The van der Waals surface area contributed by atoms with E-state index in [-0.39, 0.29) is 18.1 Å². The number of nitrogens with zero attached hydrogens (tertiary/aromatic N) is 1. The zero-order valence-electron chi connectivity index (χ0n) is 12.1. The number of rotatable bonds is 7. The van der Waals surface area contributed by atoms with Crippen molar-refractivity contribution < 1.29 is 19.4 Å². The van der Waals surface area contributed by atoms with Crippen molar-refractivity contribution in [3.63, 3.8) is 0 Å². The molecule has 1 N–H and O–H groups in total. The highest BCUT2D eigenvalue weighted by Gasteiger charge is 2.27. The largest absolute Gasteiger partial charge is 0.469 e. The molecule has 112 valence electrons. The average molecular weight is 273 g/mol. The molecule has 2 unspecified atom stereocenters. The lowest BCUT2D eigenvalue weighted by atomic mass is 10.0. The van der Waals surface area contributed by atoms with E-state index in [1.165, 1.54) is 13.5 Å². The van der Waals surface area contributed by atoms with Gasteiger partial charge in [-0.15, -0.1) is 0 Å². The van der Waals surface area contributed by atoms with Gasteiger partial charge in [-0.2, -0.15) is 0 Å². The van der Waals surface area contributed by atoms with Crippen molar-refractivity contribution in [1.29, 1.82) is 0 Å². The zero-order valence-corrected chi connectivity index (χ0v) is 12.1. The highest BCUT2D eigenvalue weighted by atomic mass is 16.5. The SMILES string of the molecule is COCCN(CCC(=O)OC)C1CCCCCC1O. The van der Waals surface area contributed by atoms with Gasteiger partial charge in [-0.3, -0.25) is 9.69 Å². The van der Waals surface area contributed by atoms with Crippen LogP contribution in [0, 0.1) is 0 Å². The number of esters is 1. The zero-order chi connectivity index (χ0) is 14.1. The van der Waals surface area contributed by atoms with Gasteiger partial charge < -0.3 is 14.6 Å². The molecule has 0 bridgehead atoms. The Morgan fingerprint density at radius 3 is 2.63 bits per heavy atom. The van der Waals surface area contributed by atoms with Gasteiger partial charge in [-0.05, 0) is 12.8 Å². The van der Waals surface area contributed by atoms with Crippen LogP contribution in [-0.4, -0.2) is 62.0 Å². The molecule has 0 aromatic heterocycles. The lowest BCUT2D eigenvalue weighted by molar-refractivity contribution is -0.141. The number of hydrogen-bond donors (Lipinski definition) is 1. The Hall–Kier alpha value is -0.650. The highest BCUT2D eigenvalue weighted by molar-refractivity contribution is 5.69. The lowest BCUT2D eigenvalue weighted by Gasteiger charge is -2.33. The number of ether oxygens (including phenoxy) is 2. The molecule has 1 saturated carbocycles. The van der Waals surface area contributed by atoms with Crippen molar-refractivity contribution in [2.45, 2.75) is 50.7 Å². The molecule has 0 aromatic carbocycles. The van der Waals surface area contributed by atoms with E-state index in [1.807, 2.05) is 0 Å². The van der Waals surface area contributed by atoms with Crippen LogP contribution in [0.4, 0.5) is 0 Å². The van der Waals surface area contributed by atoms with Crippen LogP contribution in [0.25, 0.3) is 0 Å². The fraction of sp³-hybridized carbons (Fsp3) is 0.929. The minimum atomic E-state index is -0.294. The Labute approximate surface area is 115 Å². The van der Waals surface area contributed by atoms with Gasteiger partial charge in [0.1, 0.15) is 0 Å². The molecule has 0 amide bonds. The molecule has 0 radical (unpaired) electrons. The molecule has 0 aliphatic heterocycles. The summed E-state index contributed by atoms with van der Waals surface area (Å²) in [5.41, 5.74) is 0. The summed E-state index contributed by atoms with van der Waals surface area (Å²) in [7, 11) is 3.07. The van der Waals surface area contributed by atoms with Gasteiger partial charge in [0, 0.05) is 26.2 Å². The predicted octanol–water partition coefficient (Wildman–Crippen LogP) is 1.19. The number of aliphatic hydroxyl groups excluding tert-OH is 1. The van der Waals surface area contributed by atoms with Crippen LogP contribution in [0.5, 0.6) is 0 Å². The van der Waals surface area contributed by atoms with Gasteiger partial charge in [0.25, 0.3) is 0 Å². The first-order chi connectivity index (χ1) is 9.19. The van der Waals surface area contributed by atoms with E-state index in [4.69, 9.17) is 4.74 Å². The van der Waals surface area contributed by atoms with Crippen LogP contribution in [0.15, 0.2) is 0 Å². The minimum Gasteiger partial charge on any atom is -0.469 e. The summed E-state index contributed by atoms with van der Waals surface area (Å²) in [4.78, 5) is 13.5. The number of aliphatic hydroxyl groups is 1. The van der Waals surface area contributed by atoms with Gasteiger partial charge >= 0.3 is 5.97 Å². The van der Waals surface area contributed by atoms with Crippen LogP contribution in [0.1, 0.15) is 38.5 Å². The molecule has 0 spiro atoms. The molecule has 1 aliphatic carbocycles. The highest BCUT2D eigenvalue weighted by Crippen LogP contribution is 2.22. The molecular formula is C14H27NO4. The molecular weight excluding hydrogens is 246 g/mol. The smallest absolute Gasteiger partial charge is 0.306 e. The van der Waals surface area contributed by atoms with Crippen LogP contribution < -0.4 is 0 Å². The van der Waals surface area contributed by atoms with E-state index in [0.717, 1.165) is 32.2 Å². The number of carbonyl (C=O) groups excluding carboxylic acids is 1. The molecule has 1 rings (SSSR count). The molecule has 0 heterocycles. The van der Waals surface area contributed by atoms with Crippen molar-refractivity contribution in [1.82, 2.24) is 4.90 Å². The summed E-state index contributed by atoms with van der Waals surface area (Å²) in [5, 5.41) is 10.2. The Morgan fingerprint density at radius 1 is 1.21 bits per heavy atom. The minimum absolute atomic E-state index is 0.141. The van der Waals surface area contributed by atoms with E-state index >= 15 is 0 Å². The summed E-state index contributed by atoms with van der Waals surface area (Å²) >= 11 is 0. The fourth-order valence-electron chi connectivity index (χ4n) is 2.68. The summed E-state index contributed by atoms with van der Waals surface area (Å²) in [6, 6.07) is 0.141. The van der Waals surface area contributed by atoms with Crippen molar-refractivity contribution in [3.05, 3.63) is 0 Å². The first-order valence-corrected chi connectivity index (χ1v) is 7.17. The summed E-state index contributed by atoms with van der Waals surface area (Å²) in [6.07, 6.45) is 5.33. The first-order valence-electron chi connectivity index (χ1n) is 7.17. The molecule has 5 heteroatoms. The van der Waals surface area contributed by atoms with E-state index < -0.39 is 0 Å². The fourth-order valence-corrected chi connectivity index (χ4v) is 2.68. The molecule has 1 aliphatic rings. The molecule has 0 saturated heterocycles. The second-order valence-corrected chi connectivity index (χ2v) is 5.13. The number of methoxy groups -OCH3 is 2. The van der Waals surface area contributed by atoms with E-state index in [2.05, 4.69) is 9.64 Å². The third-order valence-corrected chi connectivity index (χ3v) is 3.83. The summed E-state index contributed by atoms with van der Waals surface area (Å²) in [5.74, 6) is -0.203. The van der Waals surface area contributed by atoms with Crippen LogP contribution in [0.3, 0.4) is 0 Å². The second-order valence-electron chi connectivity index (χ2n) is 5.13. The summed E-state index contributed by atoms with van der Waals surface area (Å²) in [6.45, 7) is 1.98. The van der Waals surface area contributed by atoms with Gasteiger partial charge in [0.15, 0.2) is 0 Å². The molecule has 1 fully saturated rings. The maximum atomic E-state index is 11.3. The van der Waals surface area contributed by atoms with Crippen molar-refractivity contribution >= 4 is 5.97 Å². The Morgan fingerprint density at radius 2 is 1.95 bits per heavy atom. The Bertz CT molecular complexity index is 260. The summed E-state index contributed by atoms with van der Waals surface area (Å²) < 4.78 is 9.81. The third kappa shape index (κ3) is 5.89. The van der Waals surface area contributed by atoms with Crippen LogP contribution in [-0.2, 0) is 14.3 Å². The molecule has 0 aromatic rings. The third-order valence-electron chi connectivity index (χ3n) is 3.83. The normalized spacial score (nSPS) is 24.2. The van der Waals surface area contributed by atoms with Crippen molar-refractivity contribution in [2.75, 3.05) is 33.9 Å². The lowest BCUT2D eigenvalue weighted by Crippen LogP contribution is -2.45. The number of hydrogen-bond acceptors (Lipinski definition) is 5. The monoisotopic (exact) mass is 273 g/mol. The van der Waals surface area contributed by atoms with Crippen LogP contribution >= 0.6 is 0 Å². The molecule has 2 atom stereocenters. The first kappa shape index (κ1) is 16.4. The topological polar surface area (TPSA) is 59.0 Å². The van der Waals surface area contributed by atoms with Crippen molar-refractivity contribution in [3.8, 4) is 0 Å². The van der Waals surface area contributed by atoms with Crippen molar-refractivity contribution in [2.24, 2.45) is 0 Å². The quantitative estimate of drug-likeness (QED) is 0.558. The molecule has 19 heavy (non-hydrogen) atoms. The maximum absolute atomic E-state index is 11.3. The van der Waals surface area contributed by atoms with E-state index in [9.17, 15) is 9.90 Å². The Kier molecular flexibility index (Phi) is 8.02. The second kappa shape index (κ2) is 9.28.